The molecule has 476 valence electrons. The lowest BCUT2D eigenvalue weighted by molar-refractivity contribution is 0.590. The van der Waals surface area contributed by atoms with Crippen molar-refractivity contribution in [2.75, 3.05) is 4.90 Å². The first-order chi connectivity index (χ1) is 49.5. The number of benzene rings is 12. The van der Waals surface area contributed by atoms with E-state index < -0.39 is 0 Å². The zero-order valence-corrected chi connectivity index (χ0v) is 56.9. The Balaban J connectivity index is 1.07. The maximum Gasteiger partial charge on any atom is 0.252 e. The van der Waals surface area contributed by atoms with Crippen molar-refractivity contribution in [2.45, 2.75) is 52.4 Å². The Hall–Kier alpha value is -12.4. The summed E-state index contributed by atoms with van der Waals surface area (Å²) in [6.45, 7) is 13.7. The van der Waals surface area contributed by atoms with Crippen molar-refractivity contribution in [2.24, 2.45) is 0 Å². The number of fused-ring (bicyclic) bond motifs is 21. The molecule has 0 bridgehead atoms. The molecule has 0 atom stereocenters. The second-order valence-corrected chi connectivity index (χ2v) is 29.5. The fraction of sp³-hybridized carbons (Fsp3) is 0.0860. The Morgan fingerprint density at radius 3 is 1.11 bits per heavy atom. The molecule has 2 aliphatic heterocycles. The van der Waals surface area contributed by atoms with Gasteiger partial charge in [-0.05, 0) is 170 Å². The maximum absolute atomic E-state index is 5.01. The van der Waals surface area contributed by atoms with Gasteiger partial charge in [0.05, 0.1) is 11.0 Å². The lowest BCUT2D eigenvalue weighted by atomic mass is 9.33. The predicted octanol–water partition coefficient (Wildman–Crippen LogP) is 21.9. The van der Waals surface area contributed by atoms with Crippen LogP contribution >= 0.6 is 0 Å². The van der Waals surface area contributed by atoms with Gasteiger partial charge in [-0.15, -0.1) is 0 Å². The molecular formula is C93H66BN7. The van der Waals surface area contributed by atoms with Crippen LogP contribution in [0.15, 0.2) is 292 Å². The summed E-state index contributed by atoms with van der Waals surface area (Å²) in [5.74, 6) is 0. The van der Waals surface area contributed by atoms with Gasteiger partial charge in [0, 0.05) is 162 Å². The number of rotatable bonds is 7. The minimum absolute atomic E-state index is 0.0833. The van der Waals surface area contributed by atoms with Gasteiger partial charge < -0.3 is 9.47 Å². The van der Waals surface area contributed by atoms with Gasteiger partial charge in [0.25, 0.3) is 6.71 Å². The number of nitrogens with zero attached hydrogens (tertiary/aromatic N) is 7. The van der Waals surface area contributed by atoms with Gasteiger partial charge in [0.2, 0.25) is 0 Å². The molecule has 0 spiro atoms. The molecule has 20 rings (SSSR count). The summed E-state index contributed by atoms with van der Waals surface area (Å²) < 4.78 is 2.71. The zero-order valence-electron chi connectivity index (χ0n) is 56.9. The SMILES string of the molecule is CC(C)(C)c1ccc(N2c3ccc(C(C)(C)C)cc3B3c4c2cc(-c2c(-c5cccnc5)c(-c5cccnc5)c(-c5cccnc5)c(-c5cccnc5)c2-c2cccnc2)cc4-n2c4ccc5c6ccccc6c6ccccc6c5c4c4c5c6ccccc6c6ccccc6c5cc3c42)cc1. The van der Waals surface area contributed by atoms with Crippen LogP contribution in [0, 0.1) is 0 Å². The second-order valence-electron chi connectivity index (χ2n) is 29.5. The lowest BCUT2D eigenvalue weighted by Gasteiger charge is -2.42. The number of hydrogen-bond acceptors (Lipinski definition) is 6. The molecule has 0 unspecified atom stereocenters. The fourth-order valence-corrected chi connectivity index (χ4v) is 17.5. The molecule has 101 heavy (non-hydrogen) atoms. The second kappa shape index (κ2) is 22.1. The van der Waals surface area contributed by atoms with E-state index in [1.54, 1.807) is 0 Å². The van der Waals surface area contributed by atoms with Crippen molar-refractivity contribution < 1.29 is 0 Å². The van der Waals surface area contributed by atoms with Gasteiger partial charge in [-0.25, -0.2) is 0 Å². The van der Waals surface area contributed by atoms with Crippen LogP contribution in [0.2, 0.25) is 0 Å². The smallest absolute Gasteiger partial charge is 0.252 e. The van der Waals surface area contributed by atoms with E-state index >= 15 is 0 Å². The quantitative estimate of drug-likeness (QED) is 0.117. The highest BCUT2D eigenvalue weighted by Gasteiger charge is 2.45. The number of pyridine rings is 5. The predicted molar refractivity (Wildman–Crippen MR) is 424 cm³/mol. The molecule has 18 aromatic rings. The molecule has 0 radical (unpaired) electrons. The van der Waals surface area contributed by atoms with Crippen LogP contribution in [0.3, 0.4) is 0 Å². The van der Waals surface area contributed by atoms with Crippen LogP contribution in [-0.2, 0) is 10.8 Å². The lowest BCUT2D eigenvalue weighted by Crippen LogP contribution is -2.60. The summed E-state index contributed by atoms with van der Waals surface area (Å²) in [6, 6.07) is 87.2. The van der Waals surface area contributed by atoms with E-state index in [1.807, 2.05) is 80.2 Å². The van der Waals surface area contributed by atoms with E-state index in [1.165, 1.54) is 108 Å². The molecule has 8 heteroatoms. The average molecular weight is 1290 g/mol. The van der Waals surface area contributed by atoms with Gasteiger partial charge in [0.15, 0.2) is 0 Å². The van der Waals surface area contributed by atoms with Crippen molar-refractivity contribution in [3.63, 3.8) is 0 Å². The third-order valence-electron chi connectivity index (χ3n) is 21.8. The molecule has 0 saturated carbocycles. The average Bonchev–Trinajstić information content (AvgIpc) is 1.53. The van der Waals surface area contributed by atoms with Crippen LogP contribution < -0.4 is 21.3 Å². The summed E-state index contributed by atoms with van der Waals surface area (Å²) in [4.78, 5) is 27.4. The summed E-state index contributed by atoms with van der Waals surface area (Å²) >= 11 is 0. The van der Waals surface area contributed by atoms with Crippen molar-refractivity contribution in [1.29, 1.82) is 0 Å². The molecule has 0 fully saturated rings. The minimum Gasteiger partial charge on any atom is -0.311 e. The van der Waals surface area contributed by atoms with Crippen LogP contribution in [0.25, 0.3) is 159 Å². The fourth-order valence-electron chi connectivity index (χ4n) is 17.5. The first-order valence-electron chi connectivity index (χ1n) is 35.0. The number of hydrogen-bond donors (Lipinski definition) is 0. The van der Waals surface area contributed by atoms with E-state index in [0.717, 1.165) is 95.0 Å². The summed E-state index contributed by atoms with van der Waals surface area (Å²) in [5.41, 5.74) is 24.6. The molecular weight excluding hydrogens is 1230 g/mol. The normalized spacial score (nSPS) is 12.8. The van der Waals surface area contributed by atoms with Gasteiger partial charge in [-0.2, -0.15) is 0 Å². The van der Waals surface area contributed by atoms with E-state index in [0.29, 0.717) is 0 Å². The van der Waals surface area contributed by atoms with Gasteiger partial charge in [-0.1, -0.05) is 205 Å². The molecule has 0 N–H and O–H groups in total. The standard InChI is InChI=1S/C93H66BN7/c1-92(2,3)61-33-36-63(37-34-61)100-76-39-35-62(93(4,5)6)48-74(76)94-75-49-73-69-30-10-8-26-65(69)67-28-12-14-32-71(67)87(73)89-88-77(40-38-72-68-29-9-7-25-64(68)66-27-11-13-31-70(66)86(72)88)101(91(75)89)79-47-60(46-78(100)90(79)94)85-83(58-23-18-44-98-53-58)81(56-21-16-42-96-51-56)80(55-20-15-41-95-50-55)82(57-22-17-43-97-52-57)84(85)59-24-19-45-99-54-59/h7-54H,1-6H3. The molecule has 6 aromatic heterocycles. The molecule has 12 aromatic carbocycles. The third-order valence-corrected chi connectivity index (χ3v) is 21.8. The third kappa shape index (κ3) is 8.71. The molecule has 7 nitrogen and oxygen atoms in total. The maximum atomic E-state index is 5.01. The highest BCUT2D eigenvalue weighted by molar-refractivity contribution is 7.00. The Bertz CT molecular complexity index is 6360. The minimum atomic E-state index is -0.241. The van der Waals surface area contributed by atoms with Crippen molar-refractivity contribution in [3.05, 3.63) is 304 Å². The molecule has 0 amide bonds. The molecule has 0 saturated heterocycles. The van der Waals surface area contributed by atoms with Crippen molar-refractivity contribution in [1.82, 2.24) is 29.5 Å². The highest BCUT2D eigenvalue weighted by Crippen LogP contribution is 2.58. The largest absolute Gasteiger partial charge is 0.311 e. The first-order valence-corrected chi connectivity index (χ1v) is 35.0. The van der Waals surface area contributed by atoms with Gasteiger partial charge in [0.1, 0.15) is 0 Å². The first kappa shape index (κ1) is 58.7. The molecule has 2 aliphatic rings. The van der Waals surface area contributed by atoms with Crippen molar-refractivity contribution in [3.8, 4) is 72.4 Å². The highest BCUT2D eigenvalue weighted by atomic mass is 15.2. The number of aromatic nitrogens is 6. The Kier molecular flexibility index (Phi) is 12.8. The summed E-state index contributed by atoms with van der Waals surface area (Å²) in [7, 11) is 0. The monoisotopic (exact) mass is 1290 g/mol. The summed E-state index contributed by atoms with van der Waals surface area (Å²) in [5, 5.41) is 17.4. The molecule has 8 heterocycles. The molecule has 0 aliphatic carbocycles. The van der Waals surface area contributed by atoms with Crippen molar-refractivity contribution >= 4 is 127 Å². The Morgan fingerprint density at radius 1 is 0.287 bits per heavy atom. The Morgan fingerprint density at radius 2 is 0.673 bits per heavy atom. The van der Waals surface area contributed by atoms with E-state index in [4.69, 9.17) is 24.9 Å². The Labute approximate surface area is 585 Å². The number of anilines is 3. The van der Waals surface area contributed by atoms with E-state index in [2.05, 4.69) is 263 Å². The van der Waals surface area contributed by atoms with Crippen LogP contribution in [0.1, 0.15) is 52.7 Å². The summed E-state index contributed by atoms with van der Waals surface area (Å²) in [6.07, 6.45) is 19.4. The van der Waals surface area contributed by atoms with Crippen LogP contribution in [-0.4, -0.2) is 36.2 Å². The van der Waals surface area contributed by atoms with Crippen LogP contribution in [0.5, 0.6) is 0 Å². The van der Waals surface area contributed by atoms with Gasteiger partial charge >= 0.3 is 0 Å². The van der Waals surface area contributed by atoms with E-state index in [9.17, 15) is 0 Å². The topological polar surface area (TPSA) is 72.6 Å². The van der Waals surface area contributed by atoms with E-state index in [-0.39, 0.29) is 17.5 Å². The van der Waals surface area contributed by atoms with Crippen LogP contribution in [0.4, 0.5) is 17.1 Å². The zero-order chi connectivity index (χ0) is 67.6. The van der Waals surface area contributed by atoms with Gasteiger partial charge in [-0.3, -0.25) is 24.9 Å².